The number of rotatable bonds is 12. The summed E-state index contributed by atoms with van der Waals surface area (Å²) in [4.78, 5) is 24.8. The van der Waals surface area contributed by atoms with Gasteiger partial charge in [0.2, 0.25) is 0 Å². The Hall–Kier alpha value is -3.42. The van der Waals surface area contributed by atoms with Crippen LogP contribution in [0.2, 0.25) is 0 Å². The van der Waals surface area contributed by atoms with Gasteiger partial charge in [-0.3, -0.25) is 4.79 Å². The number of carboxylic acid groups (broad SMARTS) is 1. The predicted octanol–water partition coefficient (Wildman–Crippen LogP) is 3.26. The van der Waals surface area contributed by atoms with Gasteiger partial charge in [-0.05, 0) is 84.0 Å². The van der Waals surface area contributed by atoms with Crippen LogP contribution in [0.1, 0.15) is 39.2 Å². The summed E-state index contributed by atoms with van der Waals surface area (Å²) in [6, 6.07) is 19.8. The van der Waals surface area contributed by atoms with Gasteiger partial charge in [-0.2, -0.15) is 24.9 Å². The number of hydrogen-bond acceptors (Lipinski definition) is 6. The van der Waals surface area contributed by atoms with Crippen molar-refractivity contribution in [3.8, 4) is 22.5 Å². The summed E-state index contributed by atoms with van der Waals surface area (Å²) in [6.07, 6.45) is -2.36. The van der Waals surface area contributed by atoms with E-state index in [1.807, 2.05) is 43.5 Å². The number of carbonyl (C=O) groups excluding carboxylic acids is 2. The van der Waals surface area contributed by atoms with Gasteiger partial charge >= 0.3 is 25.0 Å². The Balaban J connectivity index is 0.00000506. The molecule has 43 heavy (non-hydrogen) atoms. The SMILES string of the molecule is CSCC[C@H](NC(=O)c1ccc(COCc2ccc(-c3cccc(C(F)(F)F)c3)o2)cc1-c1ccccc1C)C(=O)[O-].[Li+]. The molecule has 0 radical (unpaired) electrons. The summed E-state index contributed by atoms with van der Waals surface area (Å²) in [6.45, 7) is 2.15. The molecule has 0 bridgehead atoms. The van der Waals surface area contributed by atoms with Crippen molar-refractivity contribution in [3.63, 3.8) is 0 Å². The molecule has 1 amide bonds. The normalized spacial score (nSPS) is 11.9. The molecule has 0 saturated heterocycles. The third-order valence-corrected chi connectivity index (χ3v) is 7.26. The molecule has 1 N–H and O–H groups in total. The monoisotopic (exact) mass is 603 g/mol. The number of amides is 1. The van der Waals surface area contributed by atoms with Crippen LogP contribution in [0, 0.1) is 6.92 Å². The quantitative estimate of drug-likeness (QED) is 0.250. The van der Waals surface area contributed by atoms with E-state index in [9.17, 15) is 27.9 Å². The maximum absolute atomic E-state index is 13.2. The van der Waals surface area contributed by atoms with Gasteiger partial charge in [-0.15, -0.1) is 0 Å². The molecule has 220 valence electrons. The summed E-state index contributed by atoms with van der Waals surface area (Å²) in [7, 11) is 0. The maximum Gasteiger partial charge on any atom is 1.00 e. The van der Waals surface area contributed by atoms with Crippen molar-refractivity contribution in [3.05, 3.63) is 107 Å². The first-order valence-electron chi connectivity index (χ1n) is 13.1. The van der Waals surface area contributed by atoms with Gasteiger partial charge in [-0.1, -0.05) is 42.5 Å². The topological polar surface area (TPSA) is 91.6 Å². The molecular weight excluding hydrogens is 574 g/mol. The van der Waals surface area contributed by atoms with Gasteiger partial charge in [0.25, 0.3) is 5.91 Å². The zero-order valence-electron chi connectivity index (χ0n) is 24.0. The molecule has 0 saturated carbocycles. The molecule has 3 aromatic carbocycles. The standard InChI is InChI=1S/C32H30F3NO5S.Li/c1-20-6-3-4-9-25(20)27-16-21(10-12-26(27)30(37)36-28(31(38)39)14-15-42-2)18-40-19-24-11-13-29(41-24)22-7-5-8-23(17-22)32(33,34)35;/h3-13,16-17,28H,14-15,18-19H2,1-2H3,(H,36,37)(H,38,39);/q;+1/p-1/t28-;/m0./s1. The van der Waals surface area contributed by atoms with E-state index in [1.54, 1.807) is 30.3 Å². The molecular formula is C32H29F3LiNO5S. The molecule has 0 fully saturated rings. The van der Waals surface area contributed by atoms with E-state index in [0.717, 1.165) is 28.8 Å². The average molecular weight is 604 g/mol. The van der Waals surface area contributed by atoms with E-state index >= 15 is 0 Å². The van der Waals surface area contributed by atoms with E-state index in [0.29, 0.717) is 34.0 Å². The average Bonchev–Trinajstić information content (AvgIpc) is 3.44. The number of carbonyl (C=O) groups is 2. The number of hydrogen-bond donors (Lipinski definition) is 1. The van der Waals surface area contributed by atoms with Crippen molar-refractivity contribution in [1.29, 1.82) is 0 Å². The Bertz CT molecular complexity index is 1560. The smallest absolute Gasteiger partial charge is 0.548 e. The fourth-order valence-corrected chi connectivity index (χ4v) is 4.90. The zero-order valence-corrected chi connectivity index (χ0v) is 24.8. The first-order chi connectivity index (χ1) is 20.1. The van der Waals surface area contributed by atoms with Crippen LogP contribution in [0.25, 0.3) is 22.5 Å². The van der Waals surface area contributed by atoms with Gasteiger partial charge in [-0.25, -0.2) is 0 Å². The molecule has 4 rings (SSSR count). The first kappa shape index (κ1) is 34.1. The molecule has 11 heteroatoms. The van der Waals surface area contributed by atoms with Gasteiger partial charge < -0.3 is 24.4 Å². The van der Waals surface area contributed by atoms with E-state index in [1.165, 1.54) is 17.8 Å². The number of carboxylic acids is 1. The number of aryl methyl sites for hydroxylation is 1. The minimum Gasteiger partial charge on any atom is -0.548 e. The second-order valence-corrected chi connectivity index (χ2v) is 10.6. The molecule has 4 aromatic rings. The van der Waals surface area contributed by atoms with Crippen molar-refractivity contribution in [2.24, 2.45) is 0 Å². The van der Waals surface area contributed by atoms with E-state index in [4.69, 9.17) is 9.15 Å². The largest absolute Gasteiger partial charge is 1.00 e. The molecule has 0 unspecified atom stereocenters. The molecule has 0 aliphatic rings. The van der Waals surface area contributed by atoms with Crippen LogP contribution in [0.5, 0.6) is 0 Å². The number of thioether (sulfide) groups is 1. The van der Waals surface area contributed by atoms with Crippen LogP contribution in [0.15, 0.2) is 83.3 Å². The van der Waals surface area contributed by atoms with Crippen LogP contribution in [-0.4, -0.2) is 29.9 Å². The fraction of sp³-hybridized carbons (Fsp3) is 0.250. The molecule has 0 spiro atoms. The molecule has 1 aromatic heterocycles. The molecule has 0 aliphatic heterocycles. The van der Waals surface area contributed by atoms with Crippen molar-refractivity contribution in [2.45, 2.75) is 38.8 Å². The van der Waals surface area contributed by atoms with Crippen molar-refractivity contribution < 1.29 is 55.9 Å². The summed E-state index contributed by atoms with van der Waals surface area (Å²) in [5, 5.41) is 14.2. The van der Waals surface area contributed by atoms with E-state index in [2.05, 4.69) is 5.32 Å². The summed E-state index contributed by atoms with van der Waals surface area (Å²) >= 11 is 1.48. The fourth-order valence-electron chi connectivity index (χ4n) is 4.43. The minimum atomic E-state index is -4.45. The van der Waals surface area contributed by atoms with Crippen molar-refractivity contribution in [1.82, 2.24) is 5.32 Å². The second-order valence-electron chi connectivity index (χ2n) is 9.66. The van der Waals surface area contributed by atoms with Gasteiger partial charge in [0.05, 0.1) is 24.2 Å². The Labute approximate surface area is 264 Å². The van der Waals surface area contributed by atoms with Gasteiger partial charge in [0.15, 0.2) is 0 Å². The first-order valence-corrected chi connectivity index (χ1v) is 14.5. The number of alkyl halides is 3. The Kier molecular flexibility index (Phi) is 12.2. The Morgan fingerprint density at radius 2 is 1.74 bits per heavy atom. The molecule has 1 atom stereocenters. The molecule has 0 aliphatic carbocycles. The Morgan fingerprint density at radius 1 is 0.977 bits per heavy atom. The summed E-state index contributed by atoms with van der Waals surface area (Å²) < 4.78 is 50.8. The van der Waals surface area contributed by atoms with E-state index < -0.39 is 29.7 Å². The predicted molar refractivity (Wildman–Crippen MR) is 154 cm³/mol. The number of benzene rings is 3. The molecule has 1 heterocycles. The number of aliphatic carboxylic acids is 1. The number of nitrogens with one attached hydrogen (secondary N) is 1. The maximum atomic E-state index is 13.2. The van der Waals surface area contributed by atoms with Crippen LogP contribution in [0.3, 0.4) is 0 Å². The zero-order chi connectivity index (χ0) is 30.3. The number of ether oxygens (including phenoxy) is 1. The number of furan rings is 1. The van der Waals surface area contributed by atoms with Crippen molar-refractivity contribution >= 4 is 23.6 Å². The summed E-state index contributed by atoms with van der Waals surface area (Å²) in [5.41, 5.74) is 3.00. The Morgan fingerprint density at radius 3 is 2.44 bits per heavy atom. The van der Waals surface area contributed by atoms with Gasteiger partial charge in [0, 0.05) is 11.1 Å². The summed E-state index contributed by atoms with van der Waals surface area (Å²) in [5.74, 6) is -0.570. The number of halogens is 3. The van der Waals surface area contributed by atoms with Crippen LogP contribution < -0.4 is 29.3 Å². The third kappa shape index (κ3) is 9.04. The molecule has 6 nitrogen and oxygen atoms in total. The minimum absolute atomic E-state index is 0. The van der Waals surface area contributed by atoms with Crippen LogP contribution >= 0.6 is 11.8 Å². The second kappa shape index (κ2) is 15.3. The third-order valence-electron chi connectivity index (χ3n) is 6.61. The van der Waals surface area contributed by atoms with Gasteiger partial charge in [0.1, 0.15) is 18.1 Å². The van der Waals surface area contributed by atoms with Crippen LogP contribution in [-0.2, 0) is 28.9 Å². The van der Waals surface area contributed by atoms with Crippen LogP contribution in [0.4, 0.5) is 13.2 Å². The van der Waals surface area contributed by atoms with Crippen molar-refractivity contribution in [2.75, 3.05) is 12.0 Å². The van der Waals surface area contributed by atoms with E-state index in [-0.39, 0.29) is 38.5 Å².